The molecule has 3 atom stereocenters. The molecular formula is C14H17ClF3NO2. The van der Waals surface area contributed by atoms with E-state index in [9.17, 15) is 13.2 Å². The van der Waals surface area contributed by atoms with Gasteiger partial charge in [0.2, 0.25) is 0 Å². The molecule has 0 heterocycles. The number of rotatable bonds is 5. The Bertz CT molecular complexity index is 496. The summed E-state index contributed by atoms with van der Waals surface area (Å²) in [6.07, 6.45) is -3.80. The average Bonchev–Trinajstić information content (AvgIpc) is 2.38. The van der Waals surface area contributed by atoms with Crippen LogP contribution < -0.4 is 5.32 Å². The van der Waals surface area contributed by atoms with Gasteiger partial charge in [0.25, 0.3) is 0 Å². The number of hydrogen-bond acceptors (Lipinski definition) is 3. The van der Waals surface area contributed by atoms with E-state index in [1.165, 1.54) is 6.07 Å². The second-order valence-electron chi connectivity index (χ2n) is 4.87. The summed E-state index contributed by atoms with van der Waals surface area (Å²) in [7, 11) is 1.58. The molecule has 1 aliphatic rings. The average molecular weight is 324 g/mol. The third-order valence-corrected chi connectivity index (χ3v) is 3.85. The highest BCUT2D eigenvalue weighted by Crippen LogP contribution is 2.36. The van der Waals surface area contributed by atoms with Crippen molar-refractivity contribution in [3.63, 3.8) is 0 Å². The summed E-state index contributed by atoms with van der Waals surface area (Å²) in [6.45, 7) is 2.50. The number of halogens is 4. The van der Waals surface area contributed by atoms with Crippen molar-refractivity contribution < 1.29 is 22.6 Å². The Morgan fingerprint density at radius 1 is 1.38 bits per heavy atom. The number of alkyl halides is 3. The van der Waals surface area contributed by atoms with Gasteiger partial charge in [-0.25, -0.2) is 0 Å². The van der Waals surface area contributed by atoms with Crippen LogP contribution in [0.2, 0.25) is 5.02 Å². The fourth-order valence-electron chi connectivity index (χ4n) is 2.42. The summed E-state index contributed by atoms with van der Waals surface area (Å²) in [5.41, 5.74) is -0.297. The van der Waals surface area contributed by atoms with Crippen LogP contribution in [-0.4, -0.2) is 32.0 Å². The van der Waals surface area contributed by atoms with Crippen LogP contribution in [0.3, 0.4) is 0 Å². The lowest BCUT2D eigenvalue weighted by Gasteiger charge is -2.43. The van der Waals surface area contributed by atoms with Crippen LogP contribution in [0.15, 0.2) is 18.2 Å². The van der Waals surface area contributed by atoms with Crippen molar-refractivity contribution in [2.75, 3.05) is 19.0 Å². The molecule has 1 saturated carbocycles. The second kappa shape index (κ2) is 6.42. The van der Waals surface area contributed by atoms with Gasteiger partial charge < -0.3 is 14.8 Å². The lowest BCUT2D eigenvalue weighted by Crippen LogP contribution is -2.56. The summed E-state index contributed by atoms with van der Waals surface area (Å²) in [5, 5.41) is 3.15. The molecular weight excluding hydrogens is 307 g/mol. The SMILES string of the molecule is CCOC1CC(Nc2ccc(C(F)(F)F)cc2Cl)C1OC. The van der Waals surface area contributed by atoms with Crippen LogP contribution in [0.5, 0.6) is 0 Å². The molecule has 1 fully saturated rings. The molecule has 7 heteroatoms. The highest BCUT2D eigenvalue weighted by molar-refractivity contribution is 6.33. The van der Waals surface area contributed by atoms with Gasteiger partial charge >= 0.3 is 6.18 Å². The molecule has 3 nitrogen and oxygen atoms in total. The quantitative estimate of drug-likeness (QED) is 0.889. The number of nitrogens with one attached hydrogen (secondary N) is 1. The fourth-order valence-corrected chi connectivity index (χ4v) is 2.66. The van der Waals surface area contributed by atoms with Crippen LogP contribution in [-0.2, 0) is 15.7 Å². The molecule has 3 unspecified atom stereocenters. The molecule has 0 saturated heterocycles. The molecule has 2 rings (SSSR count). The van der Waals surface area contributed by atoms with Crippen LogP contribution in [0.1, 0.15) is 18.9 Å². The van der Waals surface area contributed by atoms with E-state index in [4.69, 9.17) is 21.1 Å². The van der Waals surface area contributed by atoms with Crippen LogP contribution >= 0.6 is 11.6 Å². The van der Waals surface area contributed by atoms with E-state index in [2.05, 4.69) is 5.32 Å². The van der Waals surface area contributed by atoms with Gasteiger partial charge in [-0.2, -0.15) is 13.2 Å². The second-order valence-corrected chi connectivity index (χ2v) is 5.28. The molecule has 1 aromatic rings. The number of benzene rings is 1. The van der Waals surface area contributed by atoms with Crippen molar-refractivity contribution in [1.82, 2.24) is 0 Å². The van der Waals surface area contributed by atoms with Gasteiger partial charge in [0.1, 0.15) is 6.10 Å². The Labute approximate surface area is 126 Å². The summed E-state index contributed by atoms with van der Waals surface area (Å²) >= 11 is 5.91. The van der Waals surface area contributed by atoms with Crippen LogP contribution in [0.4, 0.5) is 18.9 Å². The van der Waals surface area contributed by atoms with E-state index in [-0.39, 0.29) is 23.3 Å². The molecule has 0 radical (unpaired) electrons. The summed E-state index contributed by atoms with van der Waals surface area (Å²) in [5.74, 6) is 0. The molecule has 0 aliphatic heterocycles. The first-order valence-corrected chi connectivity index (χ1v) is 7.02. The van der Waals surface area contributed by atoms with E-state index >= 15 is 0 Å². The Hall–Kier alpha value is -0.980. The largest absolute Gasteiger partial charge is 0.416 e. The predicted molar refractivity (Wildman–Crippen MR) is 74.7 cm³/mol. The lowest BCUT2D eigenvalue weighted by molar-refractivity contribution is -0.137. The number of ether oxygens (including phenoxy) is 2. The molecule has 1 aliphatic carbocycles. The van der Waals surface area contributed by atoms with Crippen LogP contribution in [0.25, 0.3) is 0 Å². The minimum atomic E-state index is -4.40. The third-order valence-electron chi connectivity index (χ3n) is 3.54. The fraction of sp³-hybridized carbons (Fsp3) is 0.571. The smallest absolute Gasteiger partial charge is 0.378 e. The van der Waals surface area contributed by atoms with Gasteiger partial charge in [-0.3, -0.25) is 0 Å². The zero-order chi connectivity index (χ0) is 15.6. The van der Waals surface area contributed by atoms with E-state index in [1.807, 2.05) is 6.92 Å². The minimum Gasteiger partial charge on any atom is -0.378 e. The highest BCUT2D eigenvalue weighted by Gasteiger charge is 2.42. The first kappa shape index (κ1) is 16.4. The number of anilines is 1. The van der Waals surface area contributed by atoms with Crippen molar-refractivity contribution in [3.8, 4) is 0 Å². The molecule has 0 aromatic heterocycles. The molecule has 0 amide bonds. The summed E-state index contributed by atoms with van der Waals surface area (Å²) < 4.78 is 48.6. The van der Waals surface area contributed by atoms with Crippen molar-refractivity contribution in [2.45, 2.75) is 37.8 Å². The third kappa shape index (κ3) is 3.62. The van der Waals surface area contributed by atoms with Gasteiger partial charge in [-0.1, -0.05) is 11.6 Å². The van der Waals surface area contributed by atoms with Crippen molar-refractivity contribution >= 4 is 17.3 Å². The summed E-state index contributed by atoms with van der Waals surface area (Å²) in [4.78, 5) is 0. The Morgan fingerprint density at radius 2 is 2.10 bits per heavy atom. The maximum Gasteiger partial charge on any atom is 0.416 e. The predicted octanol–water partition coefficient (Wildman–Crippen LogP) is 3.96. The first-order valence-electron chi connectivity index (χ1n) is 6.64. The maximum atomic E-state index is 12.6. The van der Waals surface area contributed by atoms with Crippen molar-refractivity contribution in [1.29, 1.82) is 0 Å². The first-order chi connectivity index (χ1) is 9.86. The van der Waals surface area contributed by atoms with Gasteiger partial charge in [-0.15, -0.1) is 0 Å². The number of methoxy groups -OCH3 is 1. The normalized spacial score (nSPS) is 25.5. The topological polar surface area (TPSA) is 30.5 Å². The molecule has 1 aromatic carbocycles. The minimum absolute atomic E-state index is 0.00530. The zero-order valence-corrected chi connectivity index (χ0v) is 12.5. The molecule has 118 valence electrons. The van der Waals surface area contributed by atoms with E-state index in [0.717, 1.165) is 18.6 Å². The standard InChI is InChI=1S/C14H17ClF3NO2/c1-3-21-12-7-11(13(12)20-2)19-10-5-4-8(6-9(10)15)14(16,17)18/h4-6,11-13,19H,3,7H2,1-2H3. The maximum absolute atomic E-state index is 12.6. The number of hydrogen-bond donors (Lipinski definition) is 1. The van der Waals surface area contributed by atoms with Crippen LogP contribution in [0, 0.1) is 0 Å². The Balaban J connectivity index is 2.04. The molecule has 21 heavy (non-hydrogen) atoms. The van der Waals surface area contributed by atoms with E-state index < -0.39 is 11.7 Å². The molecule has 0 bridgehead atoms. The zero-order valence-electron chi connectivity index (χ0n) is 11.7. The van der Waals surface area contributed by atoms with Gasteiger partial charge in [0.15, 0.2) is 0 Å². The highest BCUT2D eigenvalue weighted by atomic mass is 35.5. The van der Waals surface area contributed by atoms with Gasteiger partial charge in [-0.05, 0) is 31.5 Å². The van der Waals surface area contributed by atoms with Crippen molar-refractivity contribution in [3.05, 3.63) is 28.8 Å². The van der Waals surface area contributed by atoms with Gasteiger partial charge in [0.05, 0.1) is 28.4 Å². The van der Waals surface area contributed by atoms with E-state index in [0.29, 0.717) is 12.3 Å². The van der Waals surface area contributed by atoms with Gasteiger partial charge in [0, 0.05) is 13.7 Å². The molecule has 1 N–H and O–H groups in total. The van der Waals surface area contributed by atoms with Crippen molar-refractivity contribution in [2.24, 2.45) is 0 Å². The van der Waals surface area contributed by atoms with E-state index in [1.54, 1.807) is 7.11 Å². The Morgan fingerprint density at radius 3 is 2.62 bits per heavy atom. The summed E-state index contributed by atoms with van der Waals surface area (Å²) in [6, 6.07) is 3.24. The Kier molecular flexibility index (Phi) is 5.01. The monoisotopic (exact) mass is 323 g/mol. The molecule has 0 spiro atoms. The lowest BCUT2D eigenvalue weighted by atomic mass is 9.85.